The molecule has 3 nitrogen and oxygen atoms in total. The standard InChI is InChI=1S/C13H27NO2S/c1-4-6-7-10-17-11-8-13(3,12(15)16)14-9-5-2/h14H,4-11H2,1-3H3,(H,15,16). The average molecular weight is 261 g/mol. The minimum Gasteiger partial charge on any atom is -0.480 e. The van der Waals surface area contributed by atoms with Crippen molar-refractivity contribution in [2.75, 3.05) is 18.1 Å². The van der Waals surface area contributed by atoms with E-state index in [0.717, 1.165) is 24.5 Å². The molecule has 1 unspecified atom stereocenters. The van der Waals surface area contributed by atoms with Gasteiger partial charge in [-0.2, -0.15) is 11.8 Å². The molecule has 0 aliphatic rings. The Morgan fingerprint density at radius 3 is 2.47 bits per heavy atom. The summed E-state index contributed by atoms with van der Waals surface area (Å²) >= 11 is 1.87. The lowest BCUT2D eigenvalue weighted by molar-refractivity contribution is -0.144. The Labute approximate surface area is 110 Å². The van der Waals surface area contributed by atoms with Gasteiger partial charge in [-0.1, -0.05) is 26.7 Å². The van der Waals surface area contributed by atoms with Crippen LogP contribution in [0.25, 0.3) is 0 Å². The molecule has 0 amide bonds. The Balaban J connectivity index is 3.81. The molecule has 0 aromatic carbocycles. The summed E-state index contributed by atoms with van der Waals surface area (Å²) in [6.07, 6.45) is 5.42. The number of hydrogen-bond acceptors (Lipinski definition) is 3. The average Bonchev–Trinajstić information content (AvgIpc) is 2.31. The van der Waals surface area contributed by atoms with Gasteiger partial charge < -0.3 is 10.4 Å². The maximum atomic E-state index is 11.2. The van der Waals surface area contributed by atoms with Gasteiger partial charge in [-0.3, -0.25) is 4.79 Å². The fraction of sp³-hybridized carbons (Fsp3) is 0.923. The van der Waals surface area contributed by atoms with Crippen LogP contribution in [0.2, 0.25) is 0 Å². The zero-order valence-electron chi connectivity index (χ0n) is 11.4. The van der Waals surface area contributed by atoms with Gasteiger partial charge >= 0.3 is 5.97 Å². The predicted molar refractivity (Wildman–Crippen MR) is 75.8 cm³/mol. The fourth-order valence-corrected chi connectivity index (χ4v) is 2.67. The van der Waals surface area contributed by atoms with Crippen molar-refractivity contribution in [2.24, 2.45) is 0 Å². The molecule has 2 N–H and O–H groups in total. The minimum atomic E-state index is -0.756. The zero-order chi connectivity index (χ0) is 13.1. The Morgan fingerprint density at radius 1 is 1.24 bits per heavy atom. The number of aliphatic carboxylic acids is 1. The van der Waals surface area contributed by atoms with Crippen LogP contribution in [0.4, 0.5) is 0 Å². The van der Waals surface area contributed by atoms with Crippen molar-refractivity contribution in [3.8, 4) is 0 Å². The van der Waals surface area contributed by atoms with Gasteiger partial charge in [0.05, 0.1) is 0 Å². The van der Waals surface area contributed by atoms with E-state index in [1.54, 1.807) is 6.92 Å². The molecule has 0 spiro atoms. The molecule has 0 aromatic rings. The van der Waals surface area contributed by atoms with Crippen LogP contribution in [-0.4, -0.2) is 34.7 Å². The molecule has 0 saturated carbocycles. The van der Waals surface area contributed by atoms with Gasteiger partial charge in [-0.25, -0.2) is 0 Å². The summed E-state index contributed by atoms with van der Waals surface area (Å²) in [5.74, 6) is 1.33. The van der Waals surface area contributed by atoms with Gasteiger partial charge in [-0.05, 0) is 44.2 Å². The van der Waals surface area contributed by atoms with Crippen molar-refractivity contribution < 1.29 is 9.90 Å². The van der Waals surface area contributed by atoms with Crippen molar-refractivity contribution in [1.82, 2.24) is 5.32 Å². The number of nitrogens with one attached hydrogen (secondary N) is 1. The summed E-state index contributed by atoms with van der Waals surface area (Å²) in [7, 11) is 0. The summed E-state index contributed by atoms with van der Waals surface area (Å²) in [6.45, 7) is 6.80. The smallest absolute Gasteiger partial charge is 0.323 e. The molecule has 0 bridgehead atoms. The molecule has 0 rings (SSSR count). The third-order valence-electron chi connectivity index (χ3n) is 2.88. The molecule has 0 radical (unpaired) electrons. The van der Waals surface area contributed by atoms with Crippen LogP contribution in [-0.2, 0) is 4.79 Å². The Bertz CT molecular complexity index is 212. The lowest BCUT2D eigenvalue weighted by atomic mass is 9.99. The number of rotatable bonds is 11. The van der Waals surface area contributed by atoms with Crippen LogP contribution in [0.1, 0.15) is 52.9 Å². The maximum absolute atomic E-state index is 11.2. The van der Waals surface area contributed by atoms with Crippen molar-refractivity contribution >= 4 is 17.7 Å². The largest absolute Gasteiger partial charge is 0.480 e. The van der Waals surface area contributed by atoms with Crippen LogP contribution in [0.5, 0.6) is 0 Å². The summed E-state index contributed by atoms with van der Waals surface area (Å²) in [4.78, 5) is 11.2. The minimum absolute atomic E-state index is 0.694. The molecule has 0 aliphatic heterocycles. The van der Waals surface area contributed by atoms with Gasteiger partial charge in [0.15, 0.2) is 0 Å². The molecule has 0 aromatic heterocycles. The van der Waals surface area contributed by atoms with E-state index in [1.165, 1.54) is 19.3 Å². The van der Waals surface area contributed by atoms with E-state index in [9.17, 15) is 9.90 Å². The summed E-state index contributed by atoms with van der Waals surface area (Å²) in [5, 5.41) is 12.4. The van der Waals surface area contributed by atoms with E-state index in [4.69, 9.17) is 0 Å². The third kappa shape index (κ3) is 7.66. The number of thioether (sulfide) groups is 1. The second-order valence-electron chi connectivity index (χ2n) is 4.63. The quantitative estimate of drug-likeness (QED) is 0.561. The van der Waals surface area contributed by atoms with Crippen molar-refractivity contribution in [1.29, 1.82) is 0 Å². The maximum Gasteiger partial charge on any atom is 0.323 e. The first-order valence-electron chi connectivity index (χ1n) is 6.63. The number of carboxylic acids is 1. The molecule has 1 atom stereocenters. The van der Waals surface area contributed by atoms with Crippen molar-refractivity contribution in [2.45, 2.75) is 58.4 Å². The van der Waals surface area contributed by atoms with E-state index in [1.807, 2.05) is 11.8 Å². The number of carboxylic acid groups (broad SMARTS) is 1. The number of unbranched alkanes of at least 4 members (excludes halogenated alkanes) is 2. The SMILES string of the molecule is CCCCCSCCC(C)(NCCC)C(=O)O. The lowest BCUT2D eigenvalue weighted by Gasteiger charge is -2.26. The van der Waals surface area contributed by atoms with Crippen LogP contribution in [0.3, 0.4) is 0 Å². The molecule has 0 aliphatic carbocycles. The Kier molecular flexibility index (Phi) is 9.65. The normalized spacial score (nSPS) is 14.5. The van der Waals surface area contributed by atoms with Crippen LogP contribution < -0.4 is 5.32 Å². The van der Waals surface area contributed by atoms with Crippen LogP contribution in [0, 0.1) is 0 Å². The highest BCUT2D eigenvalue weighted by atomic mass is 32.2. The highest BCUT2D eigenvalue weighted by Crippen LogP contribution is 2.16. The molecule has 0 heterocycles. The first-order chi connectivity index (χ1) is 8.06. The Hall–Kier alpha value is -0.220. The highest BCUT2D eigenvalue weighted by molar-refractivity contribution is 7.99. The van der Waals surface area contributed by atoms with Gasteiger partial charge in [0.25, 0.3) is 0 Å². The Morgan fingerprint density at radius 2 is 1.94 bits per heavy atom. The fourth-order valence-electron chi connectivity index (χ4n) is 1.50. The first-order valence-corrected chi connectivity index (χ1v) is 7.78. The van der Waals surface area contributed by atoms with E-state index in [2.05, 4.69) is 19.2 Å². The van der Waals surface area contributed by atoms with Gasteiger partial charge in [0.2, 0.25) is 0 Å². The second-order valence-corrected chi connectivity index (χ2v) is 5.86. The molecule has 102 valence electrons. The van der Waals surface area contributed by atoms with Gasteiger partial charge in [0, 0.05) is 0 Å². The van der Waals surface area contributed by atoms with E-state index < -0.39 is 11.5 Å². The molecule has 17 heavy (non-hydrogen) atoms. The van der Waals surface area contributed by atoms with Crippen molar-refractivity contribution in [3.05, 3.63) is 0 Å². The van der Waals surface area contributed by atoms with Crippen LogP contribution in [0.15, 0.2) is 0 Å². The second kappa shape index (κ2) is 9.77. The predicted octanol–water partition coefficient (Wildman–Crippen LogP) is 3.14. The first kappa shape index (κ1) is 16.8. The number of hydrogen-bond donors (Lipinski definition) is 2. The lowest BCUT2D eigenvalue weighted by Crippen LogP contribution is -2.50. The van der Waals surface area contributed by atoms with Crippen molar-refractivity contribution in [3.63, 3.8) is 0 Å². The van der Waals surface area contributed by atoms with Crippen LogP contribution >= 0.6 is 11.8 Å². The summed E-state index contributed by atoms with van der Waals surface area (Å²) in [5.41, 5.74) is -0.756. The molecule has 4 heteroatoms. The van der Waals surface area contributed by atoms with E-state index >= 15 is 0 Å². The summed E-state index contributed by atoms with van der Waals surface area (Å²) in [6, 6.07) is 0. The van der Waals surface area contributed by atoms with E-state index in [0.29, 0.717) is 6.42 Å². The third-order valence-corrected chi connectivity index (χ3v) is 3.95. The van der Waals surface area contributed by atoms with Gasteiger partial charge in [-0.15, -0.1) is 0 Å². The molecule has 0 fully saturated rings. The summed E-state index contributed by atoms with van der Waals surface area (Å²) < 4.78 is 0. The number of carbonyl (C=O) groups is 1. The van der Waals surface area contributed by atoms with Gasteiger partial charge in [0.1, 0.15) is 5.54 Å². The highest BCUT2D eigenvalue weighted by Gasteiger charge is 2.31. The topological polar surface area (TPSA) is 49.3 Å². The van der Waals surface area contributed by atoms with E-state index in [-0.39, 0.29) is 0 Å². The molecule has 0 saturated heterocycles. The molecular weight excluding hydrogens is 234 g/mol. The molecular formula is C13H27NO2S. The zero-order valence-corrected chi connectivity index (χ0v) is 12.2. The monoisotopic (exact) mass is 261 g/mol.